The molecular weight excluding hydrogens is 302 g/mol. The van der Waals surface area contributed by atoms with Crippen molar-refractivity contribution in [3.8, 4) is 0 Å². The van der Waals surface area contributed by atoms with Gasteiger partial charge in [-0.15, -0.1) is 0 Å². The Hall–Kier alpha value is -1.59. The second kappa shape index (κ2) is 6.67. The fourth-order valence-electron chi connectivity index (χ4n) is 2.97. The van der Waals surface area contributed by atoms with Crippen molar-refractivity contribution in [2.24, 2.45) is 5.92 Å². The lowest BCUT2D eigenvalue weighted by Crippen LogP contribution is -2.39. The molecule has 22 heavy (non-hydrogen) atoms. The van der Waals surface area contributed by atoms with Crippen LogP contribution in [0.5, 0.6) is 0 Å². The number of aromatic nitrogens is 2. The van der Waals surface area contributed by atoms with Gasteiger partial charge in [0.25, 0.3) is 0 Å². The summed E-state index contributed by atoms with van der Waals surface area (Å²) in [7, 11) is 0. The summed E-state index contributed by atoms with van der Waals surface area (Å²) >= 11 is 5.99. The zero-order valence-corrected chi connectivity index (χ0v) is 13.4. The standard InChI is InChI=1S/C16H20ClN3O2/c1-2-22-16(21)12-4-3-7-19(8-12)10-14-11-20-9-13(17)5-6-15(20)18-14/h5-6,9,11-12H,2-4,7-8,10H2,1H3. The highest BCUT2D eigenvalue weighted by atomic mass is 35.5. The van der Waals surface area contributed by atoms with E-state index in [1.54, 1.807) is 0 Å². The predicted octanol–water partition coefficient (Wildman–Crippen LogP) is 2.76. The molecule has 2 aromatic heterocycles. The van der Waals surface area contributed by atoms with Crippen molar-refractivity contribution in [3.63, 3.8) is 0 Å². The normalized spacial score (nSPS) is 19.5. The lowest BCUT2D eigenvalue weighted by Gasteiger charge is -2.30. The maximum Gasteiger partial charge on any atom is 0.310 e. The van der Waals surface area contributed by atoms with E-state index < -0.39 is 0 Å². The average molecular weight is 322 g/mol. The summed E-state index contributed by atoms with van der Waals surface area (Å²) < 4.78 is 7.08. The summed E-state index contributed by atoms with van der Waals surface area (Å²) in [5, 5.41) is 0.691. The van der Waals surface area contributed by atoms with Gasteiger partial charge in [-0.1, -0.05) is 11.6 Å². The van der Waals surface area contributed by atoms with Gasteiger partial charge in [-0.3, -0.25) is 9.69 Å². The smallest absolute Gasteiger partial charge is 0.310 e. The second-order valence-corrected chi connectivity index (χ2v) is 6.11. The van der Waals surface area contributed by atoms with Crippen LogP contribution in [0.3, 0.4) is 0 Å². The van der Waals surface area contributed by atoms with Crippen LogP contribution in [0.4, 0.5) is 0 Å². The van der Waals surface area contributed by atoms with Gasteiger partial charge in [0.15, 0.2) is 0 Å². The second-order valence-electron chi connectivity index (χ2n) is 5.67. The van der Waals surface area contributed by atoms with Crippen LogP contribution in [0.1, 0.15) is 25.5 Å². The molecule has 0 amide bonds. The molecule has 6 heteroatoms. The number of imidazole rings is 1. The first-order valence-electron chi connectivity index (χ1n) is 7.68. The van der Waals surface area contributed by atoms with E-state index in [1.807, 2.05) is 35.9 Å². The molecule has 5 nitrogen and oxygen atoms in total. The van der Waals surface area contributed by atoms with E-state index in [-0.39, 0.29) is 11.9 Å². The van der Waals surface area contributed by atoms with Crippen LogP contribution in [0.15, 0.2) is 24.5 Å². The zero-order valence-electron chi connectivity index (χ0n) is 12.7. The number of esters is 1. The molecule has 0 saturated carbocycles. The SMILES string of the molecule is CCOC(=O)C1CCCN(Cc2cn3cc(Cl)ccc3n2)C1. The average Bonchev–Trinajstić information content (AvgIpc) is 2.89. The molecule has 0 aliphatic carbocycles. The van der Waals surface area contributed by atoms with E-state index in [4.69, 9.17) is 16.3 Å². The lowest BCUT2D eigenvalue weighted by molar-refractivity contribution is -0.150. The van der Waals surface area contributed by atoms with Gasteiger partial charge in [0, 0.05) is 25.5 Å². The molecule has 1 aliphatic heterocycles. The van der Waals surface area contributed by atoms with Gasteiger partial charge in [-0.2, -0.15) is 0 Å². The van der Waals surface area contributed by atoms with E-state index in [9.17, 15) is 4.79 Å². The van der Waals surface area contributed by atoms with Crippen LogP contribution in [0.25, 0.3) is 5.65 Å². The molecule has 1 unspecified atom stereocenters. The maximum absolute atomic E-state index is 11.9. The molecular formula is C16H20ClN3O2. The van der Waals surface area contributed by atoms with Crippen molar-refractivity contribution in [3.05, 3.63) is 35.2 Å². The minimum Gasteiger partial charge on any atom is -0.466 e. The van der Waals surface area contributed by atoms with Crippen LogP contribution in [-0.2, 0) is 16.1 Å². The number of pyridine rings is 1. The van der Waals surface area contributed by atoms with Crippen molar-refractivity contribution in [2.45, 2.75) is 26.3 Å². The molecule has 1 fully saturated rings. The number of nitrogens with zero attached hydrogens (tertiary/aromatic N) is 3. The minimum absolute atomic E-state index is 0.0137. The third kappa shape index (κ3) is 3.42. The van der Waals surface area contributed by atoms with Gasteiger partial charge in [0.1, 0.15) is 5.65 Å². The lowest BCUT2D eigenvalue weighted by atomic mass is 9.98. The number of carbonyl (C=O) groups is 1. The number of hydrogen-bond donors (Lipinski definition) is 0. The number of rotatable bonds is 4. The molecule has 118 valence electrons. The van der Waals surface area contributed by atoms with E-state index >= 15 is 0 Å². The molecule has 2 aromatic rings. The highest BCUT2D eigenvalue weighted by Crippen LogP contribution is 2.20. The van der Waals surface area contributed by atoms with Gasteiger partial charge >= 0.3 is 5.97 Å². The summed E-state index contributed by atoms with van der Waals surface area (Å²) in [5.74, 6) is -0.0887. The van der Waals surface area contributed by atoms with Crippen molar-refractivity contribution in [2.75, 3.05) is 19.7 Å². The molecule has 0 spiro atoms. The molecule has 0 bridgehead atoms. The fourth-order valence-corrected chi connectivity index (χ4v) is 3.14. The maximum atomic E-state index is 11.9. The molecule has 1 saturated heterocycles. The van der Waals surface area contributed by atoms with E-state index in [1.165, 1.54) is 0 Å². The summed E-state index contributed by atoms with van der Waals surface area (Å²) in [5.41, 5.74) is 1.88. The fraction of sp³-hybridized carbons (Fsp3) is 0.500. The Morgan fingerprint density at radius 3 is 3.14 bits per heavy atom. The van der Waals surface area contributed by atoms with E-state index in [0.717, 1.165) is 43.8 Å². The van der Waals surface area contributed by atoms with Crippen LogP contribution in [0.2, 0.25) is 5.02 Å². The molecule has 0 radical (unpaired) electrons. The number of ether oxygens (including phenoxy) is 1. The number of fused-ring (bicyclic) bond motifs is 1. The van der Waals surface area contributed by atoms with Gasteiger partial charge in [0.2, 0.25) is 0 Å². The Kier molecular flexibility index (Phi) is 4.64. The van der Waals surface area contributed by atoms with Gasteiger partial charge in [0.05, 0.1) is 23.2 Å². The number of halogens is 1. The summed E-state index contributed by atoms with van der Waals surface area (Å²) in [6.45, 7) is 4.77. The summed E-state index contributed by atoms with van der Waals surface area (Å²) in [4.78, 5) is 18.8. The highest BCUT2D eigenvalue weighted by molar-refractivity contribution is 6.30. The predicted molar refractivity (Wildman–Crippen MR) is 84.8 cm³/mol. The van der Waals surface area contributed by atoms with Crippen molar-refractivity contribution in [1.29, 1.82) is 0 Å². The third-order valence-corrected chi connectivity index (χ3v) is 4.20. The topological polar surface area (TPSA) is 46.8 Å². The van der Waals surface area contributed by atoms with Crippen molar-refractivity contribution >= 4 is 23.2 Å². The summed E-state index contributed by atoms with van der Waals surface area (Å²) in [6.07, 6.45) is 5.78. The molecule has 3 rings (SSSR count). The molecule has 0 aromatic carbocycles. The Morgan fingerprint density at radius 2 is 2.32 bits per heavy atom. The number of likely N-dealkylation sites (tertiary alicyclic amines) is 1. The van der Waals surface area contributed by atoms with Gasteiger partial charge in [-0.25, -0.2) is 4.98 Å². The molecule has 3 heterocycles. The van der Waals surface area contributed by atoms with E-state index in [2.05, 4.69) is 9.88 Å². The monoisotopic (exact) mass is 321 g/mol. The Bertz CT molecular complexity index is 670. The quantitative estimate of drug-likeness (QED) is 0.812. The van der Waals surface area contributed by atoms with E-state index in [0.29, 0.717) is 11.6 Å². The van der Waals surface area contributed by atoms with Crippen molar-refractivity contribution < 1.29 is 9.53 Å². The Morgan fingerprint density at radius 1 is 1.45 bits per heavy atom. The van der Waals surface area contributed by atoms with Crippen LogP contribution < -0.4 is 0 Å². The van der Waals surface area contributed by atoms with Crippen molar-refractivity contribution in [1.82, 2.24) is 14.3 Å². The molecule has 0 N–H and O–H groups in total. The highest BCUT2D eigenvalue weighted by Gasteiger charge is 2.27. The number of hydrogen-bond acceptors (Lipinski definition) is 4. The number of piperidine rings is 1. The summed E-state index contributed by atoms with van der Waals surface area (Å²) in [6, 6.07) is 3.74. The largest absolute Gasteiger partial charge is 0.466 e. The first-order valence-corrected chi connectivity index (χ1v) is 8.05. The first-order chi connectivity index (χ1) is 10.7. The Balaban J connectivity index is 1.67. The van der Waals surface area contributed by atoms with Crippen LogP contribution >= 0.6 is 11.6 Å². The third-order valence-electron chi connectivity index (χ3n) is 3.98. The van der Waals surface area contributed by atoms with Gasteiger partial charge in [-0.05, 0) is 38.4 Å². The molecule has 1 aliphatic rings. The zero-order chi connectivity index (χ0) is 15.5. The minimum atomic E-state index is -0.0750. The first kappa shape index (κ1) is 15.3. The Labute approximate surface area is 134 Å². The van der Waals surface area contributed by atoms with Crippen LogP contribution in [0, 0.1) is 5.92 Å². The molecule has 1 atom stereocenters. The number of carbonyl (C=O) groups excluding carboxylic acids is 1. The van der Waals surface area contributed by atoms with Gasteiger partial charge < -0.3 is 9.14 Å². The van der Waals surface area contributed by atoms with Crippen LogP contribution in [-0.4, -0.2) is 40.0 Å².